The van der Waals surface area contributed by atoms with Crippen LogP contribution in [0.1, 0.15) is 12.5 Å². The van der Waals surface area contributed by atoms with Gasteiger partial charge in [-0.2, -0.15) is 8.42 Å². The lowest BCUT2D eigenvalue weighted by Crippen LogP contribution is -2.24. The number of rotatable bonds is 4. The topological polar surface area (TPSA) is 104 Å². The Morgan fingerprint density at radius 2 is 1.82 bits per heavy atom. The van der Waals surface area contributed by atoms with E-state index in [2.05, 4.69) is 5.32 Å². The molecule has 0 amide bonds. The van der Waals surface area contributed by atoms with Crippen molar-refractivity contribution in [1.29, 1.82) is 0 Å². The smallest absolute Gasteiger partial charge is 0.325 e. The van der Waals surface area contributed by atoms with Gasteiger partial charge in [-0.1, -0.05) is 17.7 Å². The molecule has 0 saturated heterocycles. The summed E-state index contributed by atoms with van der Waals surface area (Å²) in [5.74, 6) is -0.835. The van der Waals surface area contributed by atoms with E-state index in [9.17, 15) is 13.2 Å². The summed E-state index contributed by atoms with van der Waals surface area (Å²) >= 11 is 1.49. The highest BCUT2D eigenvalue weighted by atomic mass is 32.2. The second kappa shape index (κ2) is 7.92. The SMILES string of the molecule is C[C@H](Nc1cccs1)C(=O)O.Cc1ccc(S(=O)(=O)O)cc1. The van der Waals surface area contributed by atoms with Crippen LogP contribution in [0.25, 0.3) is 0 Å². The van der Waals surface area contributed by atoms with E-state index in [-0.39, 0.29) is 4.90 Å². The summed E-state index contributed by atoms with van der Waals surface area (Å²) in [7, 11) is -4.02. The van der Waals surface area contributed by atoms with E-state index in [1.165, 1.54) is 23.5 Å². The maximum absolute atomic E-state index is 10.5. The number of hydrogen-bond donors (Lipinski definition) is 3. The van der Waals surface area contributed by atoms with Crippen LogP contribution in [0.15, 0.2) is 46.7 Å². The second-order valence-electron chi connectivity index (χ2n) is 4.47. The number of carbonyl (C=O) groups is 1. The van der Waals surface area contributed by atoms with Crippen molar-refractivity contribution in [2.45, 2.75) is 24.8 Å². The first-order valence-electron chi connectivity index (χ1n) is 6.27. The first-order valence-corrected chi connectivity index (χ1v) is 8.59. The molecule has 3 N–H and O–H groups in total. The lowest BCUT2D eigenvalue weighted by molar-refractivity contribution is -0.137. The number of carboxylic acids is 1. The number of nitrogens with one attached hydrogen (secondary N) is 1. The third-order valence-electron chi connectivity index (χ3n) is 2.57. The van der Waals surface area contributed by atoms with E-state index < -0.39 is 22.1 Å². The van der Waals surface area contributed by atoms with Crippen molar-refractivity contribution < 1.29 is 22.9 Å². The molecule has 0 radical (unpaired) electrons. The average Bonchev–Trinajstić information content (AvgIpc) is 2.91. The van der Waals surface area contributed by atoms with Crippen LogP contribution in [0, 0.1) is 6.92 Å². The fourth-order valence-electron chi connectivity index (χ4n) is 1.35. The second-order valence-corrected chi connectivity index (χ2v) is 6.84. The number of hydrogen-bond acceptors (Lipinski definition) is 5. The Bertz CT molecular complexity index is 693. The highest BCUT2D eigenvalue weighted by molar-refractivity contribution is 7.85. The summed E-state index contributed by atoms with van der Waals surface area (Å²) in [5.41, 5.74) is 0.956. The Labute approximate surface area is 133 Å². The highest BCUT2D eigenvalue weighted by Gasteiger charge is 2.09. The molecule has 1 aromatic heterocycles. The van der Waals surface area contributed by atoms with Crippen LogP contribution in [-0.4, -0.2) is 30.1 Å². The van der Waals surface area contributed by atoms with E-state index in [0.29, 0.717) is 0 Å². The molecule has 0 unspecified atom stereocenters. The third-order valence-corrected chi connectivity index (χ3v) is 4.24. The summed E-state index contributed by atoms with van der Waals surface area (Å²) in [6.45, 7) is 3.45. The van der Waals surface area contributed by atoms with Crippen molar-refractivity contribution in [3.63, 3.8) is 0 Å². The van der Waals surface area contributed by atoms with E-state index >= 15 is 0 Å². The van der Waals surface area contributed by atoms with Gasteiger partial charge >= 0.3 is 5.97 Å². The maximum atomic E-state index is 10.5. The molecular weight excluding hydrogens is 326 g/mol. The Morgan fingerprint density at radius 1 is 1.23 bits per heavy atom. The van der Waals surface area contributed by atoms with Crippen molar-refractivity contribution in [2.24, 2.45) is 0 Å². The Kier molecular flexibility index (Phi) is 6.54. The zero-order valence-electron chi connectivity index (χ0n) is 12.1. The van der Waals surface area contributed by atoms with Gasteiger partial charge < -0.3 is 10.4 Å². The van der Waals surface area contributed by atoms with Crippen LogP contribution in [0.5, 0.6) is 0 Å². The number of benzene rings is 1. The Balaban J connectivity index is 0.000000220. The van der Waals surface area contributed by atoms with Crippen LogP contribution in [0.2, 0.25) is 0 Å². The molecular formula is C14H17NO5S2. The fourth-order valence-corrected chi connectivity index (χ4v) is 2.53. The maximum Gasteiger partial charge on any atom is 0.325 e. The molecule has 0 bridgehead atoms. The number of thiophene rings is 1. The predicted molar refractivity (Wildman–Crippen MR) is 86.0 cm³/mol. The van der Waals surface area contributed by atoms with Crippen LogP contribution in [0.3, 0.4) is 0 Å². The molecule has 120 valence electrons. The molecule has 2 aromatic rings. The summed E-state index contributed by atoms with van der Waals surface area (Å²) in [6.07, 6.45) is 0. The van der Waals surface area contributed by atoms with Crippen molar-refractivity contribution in [2.75, 3.05) is 5.32 Å². The van der Waals surface area contributed by atoms with Crippen molar-refractivity contribution >= 4 is 32.4 Å². The lowest BCUT2D eigenvalue weighted by atomic mass is 10.2. The Morgan fingerprint density at radius 3 is 2.23 bits per heavy atom. The van der Waals surface area contributed by atoms with E-state index in [0.717, 1.165) is 10.6 Å². The molecule has 0 aliphatic carbocycles. The molecule has 0 aliphatic rings. The average molecular weight is 343 g/mol. The predicted octanol–water partition coefficient (Wildman–Crippen LogP) is 2.87. The van der Waals surface area contributed by atoms with E-state index in [1.54, 1.807) is 19.1 Å². The molecule has 0 aliphatic heterocycles. The Hall–Kier alpha value is -1.90. The van der Waals surface area contributed by atoms with E-state index in [1.807, 2.05) is 24.4 Å². The summed E-state index contributed by atoms with van der Waals surface area (Å²) in [5, 5.41) is 14.2. The number of aliphatic carboxylic acids is 1. The van der Waals surface area contributed by atoms with Crippen LogP contribution in [-0.2, 0) is 14.9 Å². The molecule has 8 heteroatoms. The van der Waals surface area contributed by atoms with Gasteiger partial charge in [0.05, 0.1) is 9.90 Å². The quantitative estimate of drug-likeness (QED) is 0.738. The molecule has 1 aromatic carbocycles. The number of anilines is 1. The van der Waals surface area contributed by atoms with Gasteiger partial charge in [-0.05, 0) is 43.5 Å². The molecule has 6 nitrogen and oxygen atoms in total. The first-order chi connectivity index (χ1) is 10.2. The molecule has 1 atom stereocenters. The van der Waals surface area contributed by atoms with Gasteiger partial charge in [-0.15, -0.1) is 11.3 Å². The van der Waals surface area contributed by atoms with Gasteiger partial charge in [-0.25, -0.2) is 0 Å². The molecule has 0 spiro atoms. The summed E-state index contributed by atoms with van der Waals surface area (Å²) < 4.78 is 29.6. The largest absolute Gasteiger partial charge is 0.480 e. The monoisotopic (exact) mass is 343 g/mol. The van der Waals surface area contributed by atoms with Crippen LogP contribution >= 0.6 is 11.3 Å². The first kappa shape index (κ1) is 18.1. The number of carboxylic acid groups (broad SMARTS) is 1. The molecule has 2 rings (SSSR count). The van der Waals surface area contributed by atoms with Gasteiger partial charge in [0, 0.05) is 0 Å². The van der Waals surface area contributed by atoms with Crippen LogP contribution < -0.4 is 5.32 Å². The summed E-state index contributed by atoms with van der Waals surface area (Å²) in [4.78, 5) is 10.3. The van der Waals surface area contributed by atoms with Gasteiger partial charge in [0.25, 0.3) is 10.1 Å². The zero-order chi connectivity index (χ0) is 16.8. The third kappa shape index (κ3) is 6.25. The molecule has 22 heavy (non-hydrogen) atoms. The van der Waals surface area contributed by atoms with Crippen molar-refractivity contribution in [3.05, 3.63) is 47.3 Å². The standard InChI is InChI=1S/C7H9NO2S.C7H8O3S/c1-5(7(9)10)8-6-3-2-4-11-6;1-6-2-4-7(5-3-6)11(8,9)10/h2-5,8H,1H3,(H,9,10);2-5H,1H3,(H,8,9,10)/t5-;/m0./s1. The van der Waals surface area contributed by atoms with Crippen molar-refractivity contribution in [1.82, 2.24) is 0 Å². The lowest BCUT2D eigenvalue weighted by Gasteiger charge is -2.06. The number of aryl methyl sites for hydroxylation is 1. The van der Waals surface area contributed by atoms with Crippen LogP contribution in [0.4, 0.5) is 5.00 Å². The normalized spacial score (nSPS) is 12.0. The highest BCUT2D eigenvalue weighted by Crippen LogP contribution is 2.15. The van der Waals surface area contributed by atoms with Crippen molar-refractivity contribution in [3.8, 4) is 0 Å². The van der Waals surface area contributed by atoms with E-state index in [4.69, 9.17) is 9.66 Å². The van der Waals surface area contributed by atoms with Gasteiger partial charge in [0.2, 0.25) is 0 Å². The zero-order valence-corrected chi connectivity index (χ0v) is 13.7. The minimum atomic E-state index is -4.02. The minimum absolute atomic E-state index is 0.0666. The molecule has 0 fully saturated rings. The molecule has 0 saturated carbocycles. The van der Waals surface area contributed by atoms with Gasteiger partial charge in [0.1, 0.15) is 6.04 Å². The van der Waals surface area contributed by atoms with Gasteiger partial charge in [-0.3, -0.25) is 9.35 Å². The summed E-state index contributed by atoms with van der Waals surface area (Å²) in [6, 6.07) is 9.20. The fraction of sp³-hybridized carbons (Fsp3) is 0.214. The van der Waals surface area contributed by atoms with Gasteiger partial charge in [0.15, 0.2) is 0 Å². The minimum Gasteiger partial charge on any atom is -0.480 e. The molecule has 1 heterocycles.